The van der Waals surface area contributed by atoms with Gasteiger partial charge in [0, 0.05) is 17.8 Å². The Hall–Kier alpha value is -2.52. The normalized spacial score (nSPS) is 17.1. The number of hydrogen-bond acceptors (Lipinski definition) is 6. The summed E-state index contributed by atoms with van der Waals surface area (Å²) in [7, 11) is -4.09. The molecular formula is C15H16N4O4S. The maximum Gasteiger partial charge on any atom is 0.289 e. The number of nitro benzene ring substituents is 1. The van der Waals surface area contributed by atoms with Gasteiger partial charge in [0.2, 0.25) is 0 Å². The minimum atomic E-state index is -4.09. The molecule has 0 saturated carbocycles. The van der Waals surface area contributed by atoms with E-state index in [2.05, 4.69) is 9.71 Å². The van der Waals surface area contributed by atoms with Gasteiger partial charge in [-0.3, -0.25) is 19.8 Å². The van der Waals surface area contributed by atoms with Gasteiger partial charge in [-0.25, -0.2) is 8.42 Å². The molecule has 126 valence electrons. The zero-order valence-corrected chi connectivity index (χ0v) is 13.5. The molecule has 0 amide bonds. The number of nitrogens with zero attached hydrogens (tertiary/aromatic N) is 2. The number of benzene rings is 1. The number of nitrogens with one attached hydrogen (secondary N) is 1. The standard InChI is InChI=1S/C15H16N4O4S/c16-11-5-6-13-10(7-11)8-12(9-17-13)18-24(22,23)15-4-2-1-3-14(15)19(20)21/h1-4,8-9,11,18H,5-7,16H2. The number of aryl methyl sites for hydroxylation is 1. The van der Waals surface area contributed by atoms with Crippen molar-refractivity contribution in [3.8, 4) is 0 Å². The summed E-state index contributed by atoms with van der Waals surface area (Å²) in [5, 5.41) is 11.0. The average molecular weight is 348 g/mol. The van der Waals surface area contributed by atoms with Gasteiger partial charge in [-0.2, -0.15) is 0 Å². The molecule has 8 nitrogen and oxygen atoms in total. The van der Waals surface area contributed by atoms with Gasteiger partial charge >= 0.3 is 0 Å². The van der Waals surface area contributed by atoms with Crippen molar-refractivity contribution in [2.24, 2.45) is 5.73 Å². The summed E-state index contributed by atoms with van der Waals surface area (Å²) in [5.74, 6) is 0. The third kappa shape index (κ3) is 3.22. The number of sulfonamides is 1. The Morgan fingerprint density at radius 3 is 2.83 bits per heavy atom. The lowest BCUT2D eigenvalue weighted by molar-refractivity contribution is -0.387. The van der Waals surface area contributed by atoms with E-state index in [0.29, 0.717) is 6.42 Å². The molecule has 0 aliphatic heterocycles. The molecule has 0 saturated heterocycles. The maximum atomic E-state index is 12.5. The summed E-state index contributed by atoms with van der Waals surface area (Å²) >= 11 is 0. The van der Waals surface area contributed by atoms with Gasteiger partial charge in [0.25, 0.3) is 15.7 Å². The van der Waals surface area contributed by atoms with Gasteiger partial charge in [0.15, 0.2) is 4.90 Å². The van der Waals surface area contributed by atoms with Crippen LogP contribution in [0.1, 0.15) is 17.7 Å². The van der Waals surface area contributed by atoms with Crippen LogP contribution in [0.25, 0.3) is 0 Å². The SMILES string of the molecule is NC1CCc2ncc(NS(=O)(=O)c3ccccc3[N+](=O)[O-])cc2C1. The van der Waals surface area contributed by atoms with Crippen molar-refractivity contribution in [2.75, 3.05) is 4.72 Å². The molecule has 1 unspecified atom stereocenters. The highest BCUT2D eigenvalue weighted by Crippen LogP contribution is 2.27. The maximum absolute atomic E-state index is 12.5. The largest absolute Gasteiger partial charge is 0.327 e. The van der Waals surface area contributed by atoms with E-state index >= 15 is 0 Å². The van der Waals surface area contributed by atoms with Crippen LogP contribution in [-0.2, 0) is 22.9 Å². The lowest BCUT2D eigenvalue weighted by atomic mass is 9.92. The van der Waals surface area contributed by atoms with Crippen LogP contribution in [0.4, 0.5) is 11.4 Å². The van der Waals surface area contributed by atoms with Crippen LogP contribution >= 0.6 is 0 Å². The van der Waals surface area contributed by atoms with Crippen molar-refractivity contribution < 1.29 is 13.3 Å². The first-order valence-corrected chi connectivity index (χ1v) is 8.85. The van der Waals surface area contributed by atoms with E-state index in [-0.39, 0.29) is 16.6 Å². The molecule has 3 N–H and O–H groups in total. The van der Waals surface area contributed by atoms with Crippen molar-refractivity contribution in [1.82, 2.24) is 4.98 Å². The van der Waals surface area contributed by atoms with Gasteiger partial charge in [0.05, 0.1) is 16.8 Å². The Balaban J connectivity index is 1.93. The van der Waals surface area contributed by atoms with Crippen LogP contribution in [0.15, 0.2) is 41.4 Å². The van der Waals surface area contributed by atoms with Gasteiger partial charge in [-0.15, -0.1) is 0 Å². The molecule has 0 spiro atoms. The topological polar surface area (TPSA) is 128 Å². The summed E-state index contributed by atoms with van der Waals surface area (Å²) in [6, 6.07) is 6.92. The Kier molecular flexibility index (Phi) is 4.20. The summed E-state index contributed by atoms with van der Waals surface area (Å²) in [5.41, 5.74) is 7.53. The van der Waals surface area contributed by atoms with E-state index in [1.165, 1.54) is 24.4 Å². The minimum Gasteiger partial charge on any atom is -0.327 e. The Morgan fingerprint density at radius 1 is 1.33 bits per heavy atom. The van der Waals surface area contributed by atoms with Crippen LogP contribution in [0, 0.1) is 10.1 Å². The summed E-state index contributed by atoms with van der Waals surface area (Å²) < 4.78 is 27.3. The van der Waals surface area contributed by atoms with Crippen molar-refractivity contribution in [1.29, 1.82) is 0 Å². The summed E-state index contributed by atoms with van der Waals surface area (Å²) in [6.07, 6.45) is 3.65. The molecule has 0 fully saturated rings. The lowest BCUT2D eigenvalue weighted by Gasteiger charge is -2.21. The molecule has 1 aromatic heterocycles. The highest BCUT2D eigenvalue weighted by molar-refractivity contribution is 7.92. The molecule has 9 heteroatoms. The lowest BCUT2D eigenvalue weighted by Crippen LogP contribution is -2.28. The van der Waals surface area contributed by atoms with Crippen molar-refractivity contribution in [2.45, 2.75) is 30.2 Å². The molecule has 1 atom stereocenters. The van der Waals surface area contributed by atoms with Crippen LogP contribution in [0.5, 0.6) is 0 Å². The molecule has 1 aliphatic rings. The molecule has 1 aromatic carbocycles. The molecule has 1 aliphatic carbocycles. The van der Waals surface area contributed by atoms with E-state index in [1.807, 2.05) is 0 Å². The fraction of sp³-hybridized carbons (Fsp3) is 0.267. The van der Waals surface area contributed by atoms with Gasteiger partial charge < -0.3 is 5.73 Å². The number of pyridine rings is 1. The van der Waals surface area contributed by atoms with Crippen LogP contribution in [0.2, 0.25) is 0 Å². The van der Waals surface area contributed by atoms with E-state index < -0.39 is 20.6 Å². The zero-order chi connectivity index (χ0) is 17.3. The molecular weight excluding hydrogens is 332 g/mol. The molecule has 24 heavy (non-hydrogen) atoms. The molecule has 0 radical (unpaired) electrons. The second-order valence-electron chi connectivity index (χ2n) is 5.66. The first-order valence-electron chi connectivity index (χ1n) is 7.36. The zero-order valence-electron chi connectivity index (χ0n) is 12.7. The Morgan fingerprint density at radius 2 is 2.08 bits per heavy atom. The van der Waals surface area contributed by atoms with Gasteiger partial charge in [-0.1, -0.05) is 12.1 Å². The second-order valence-corrected chi connectivity index (χ2v) is 7.31. The van der Waals surface area contributed by atoms with E-state index in [1.54, 1.807) is 6.07 Å². The van der Waals surface area contributed by atoms with E-state index in [9.17, 15) is 18.5 Å². The van der Waals surface area contributed by atoms with Crippen molar-refractivity contribution in [3.63, 3.8) is 0 Å². The predicted molar refractivity (Wildman–Crippen MR) is 88.1 cm³/mol. The second kappa shape index (κ2) is 6.17. The number of aromatic nitrogens is 1. The molecule has 2 aromatic rings. The van der Waals surface area contributed by atoms with E-state index in [4.69, 9.17) is 5.73 Å². The van der Waals surface area contributed by atoms with Crippen LogP contribution in [-0.4, -0.2) is 24.4 Å². The van der Waals surface area contributed by atoms with E-state index in [0.717, 1.165) is 30.2 Å². The first-order chi connectivity index (χ1) is 11.4. The summed E-state index contributed by atoms with van der Waals surface area (Å²) in [6.45, 7) is 0. The van der Waals surface area contributed by atoms with Gasteiger partial charge in [0.1, 0.15) is 0 Å². The highest BCUT2D eigenvalue weighted by atomic mass is 32.2. The monoisotopic (exact) mass is 348 g/mol. The van der Waals surface area contributed by atoms with Crippen LogP contribution < -0.4 is 10.5 Å². The number of rotatable bonds is 4. The number of para-hydroxylation sites is 1. The Bertz CT molecular complexity index is 898. The number of anilines is 1. The summed E-state index contributed by atoms with van der Waals surface area (Å²) in [4.78, 5) is 14.2. The minimum absolute atomic E-state index is 0.0290. The van der Waals surface area contributed by atoms with Crippen molar-refractivity contribution in [3.05, 3.63) is 57.9 Å². The van der Waals surface area contributed by atoms with Crippen molar-refractivity contribution >= 4 is 21.4 Å². The molecule has 0 bridgehead atoms. The smallest absolute Gasteiger partial charge is 0.289 e. The fourth-order valence-electron chi connectivity index (χ4n) is 2.75. The average Bonchev–Trinajstić information content (AvgIpc) is 2.54. The quantitative estimate of drug-likeness (QED) is 0.638. The van der Waals surface area contributed by atoms with Gasteiger partial charge in [-0.05, 0) is 37.0 Å². The number of fused-ring (bicyclic) bond motifs is 1. The number of nitro groups is 1. The molecule has 3 rings (SSSR count). The molecule has 1 heterocycles. The first kappa shape index (κ1) is 16.3. The third-order valence-electron chi connectivity index (χ3n) is 3.90. The highest BCUT2D eigenvalue weighted by Gasteiger charge is 2.26. The number of nitrogens with two attached hydrogens (primary N) is 1. The fourth-order valence-corrected chi connectivity index (χ4v) is 3.96. The Labute approximate surface area is 138 Å². The van der Waals surface area contributed by atoms with Crippen LogP contribution in [0.3, 0.4) is 0 Å². The number of hydrogen-bond donors (Lipinski definition) is 2. The predicted octanol–water partition coefficient (Wildman–Crippen LogP) is 1.61. The third-order valence-corrected chi connectivity index (χ3v) is 5.33.